The summed E-state index contributed by atoms with van der Waals surface area (Å²) in [5.41, 5.74) is 1.97. The van der Waals surface area contributed by atoms with E-state index in [1.165, 1.54) is 0 Å². The van der Waals surface area contributed by atoms with Crippen LogP contribution in [-0.2, 0) is 17.9 Å². The molecule has 7 nitrogen and oxygen atoms in total. The van der Waals surface area contributed by atoms with Crippen LogP contribution in [0.5, 0.6) is 0 Å². The molecule has 0 fully saturated rings. The summed E-state index contributed by atoms with van der Waals surface area (Å²) in [5, 5.41) is 9.10. The van der Waals surface area contributed by atoms with E-state index in [9.17, 15) is 4.79 Å². The lowest BCUT2D eigenvalue weighted by Crippen LogP contribution is -2.39. The average molecular weight is 471 g/mol. The number of aryl methyl sites for hydroxylation is 2. The van der Waals surface area contributed by atoms with Crippen molar-refractivity contribution < 1.29 is 9.21 Å². The monoisotopic (exact) mass is 471 g/mol. The van der Waals surface area contributed by atoms with E-state index in [0.717, 1.165) is 17.0 Å². The van der Waals surface area contributed by atoms with Crippen molar-refractivity contribution >= 4 is 35.8 Å². The van der Waals surface area contributed by atoms with Gasteiger partial charge in [0.15, 0.2) is 5.96 Å². The number of amides is 1. The van der Waals surface area contributed by atoms with E-state index < -0.39 is 0 Å². The maximum Gasteiger partial charge on any atom is 0.222 e. The van der Waals surface area contributed by atoms with Gasteiger partial charge in [-0.1, -0.05) is 30.3 Å². The zero-order valence-corrected chi connectivity index (χ0v) is 17.7. The van der Waals surface area contributed by atoms with E-state index in [4.69, 9.17) is 4.42 Å². The van der Waals surface area contributed by atoms with Crippen LogP contribution in [0.4, 0.5) is 0 Å². The summed E-state index contributed by atoms with van der Waals surface area (Å²) in [4.78, 5) is 20.3. The van der Waals surface area contributed by atoms with E-state index in [1.54, 1.807) is 7.05 Å². The Bertz CT molecular complexity index is 696. The molecular formula is C18H26IN5O2. The minimum absolute atomic E-state index is 0. The van der Waals surface area contributed by atoms with Crippen LogP contribution >= 0.6 is 24.0 Å². The number of aliphatic imine (C=N–C) groups is 1. The number of guanidine groups is 1. The summed E-state index contributed by atoms with van der Waals surface area (Å²) in [6, 6.07) is 9.83. The lowest BCUT2D eigenvalue weighted by molar-refractivity contribution is -0.121. The standard InChI is InChI=1S/C18H25N5O2.HI/c1-13-14(2)25-17(23-13)12-22-18(19-3)20-10-9-16(24)21-11-15-7-5-4-6-8-15;/h4-8H,9-12H2,1-3H3,(H,21,24)(H2,19,20,22);1H. The van der Waals surface area contributed by atoms with Crippen molar-refractivity contribution in [3.8, 4) is 0 Å². The molecule has 0 aliphatic carbocycles. The van der Waals surface area contributed by atoms with Crippen LogP contribution in [-0.4, -0.2) is 30.4 Å². The molecule has 0 radical (unpaired) electrons. The van der Waals surface area contributed by atoms with E-state index in [0.29, 0.717) is 37.9 Å². The number of aromatic nitrogens is 1. The van der Waals surface area contributed by atoms with Gasteiger partial charge in [-0.2, -0.15) is 0 Å². The lowest BCUT2D eigenvalue weighted by atomic mass is 10.2. The minimum Gasteiger partial charge on any atom is -0.444 e. The molecule has 3 N–H and O–H groups in total. The summed E-state index contributed by atoms with van der Waals surface area (Å²) in [7, 11) is 1.68. The first-order valence-electron chi connectivity index (χ1n) is 8.26. The second kappa shape index (κ2) is 11.5. The maximum absolute atomic E-state index is 11.9. The first-order chi connectivity index (χ1) is 12.1. The molecule has 0 saturated heterocycles. The van der Waals surface area contributed by atoms with E-state index >= 15 is 0 Å². The molecule has 1 amide bonds. The Hall–Kier alpha value is -2.10. The third-order valence-corrected chi connectivity index (χ3v) is 3.68. The number of hydrogen-bond acceptors (Lipinski definition) is 4. The Balaban J connectivity index is 0.00000338. The van der Waals surface area contributed by atoms with Crippen LogP contribution in [0.25, 0.3) is 0 Å². The number of nitrogens with zero attached hydrogens (tertiary/aromatic N) is 2. The second-order valence-corrected chi connectivity index (χ2v) is 5.61. The highest BCUT2D eigenvalue weighted by Gasteiger charge is 2.07. The summed E-state index contributed by atoms with van der Waals surface area (Å²) in [5.74, 6) is 2.02. The highest BCUT2D eigenvalue weighted by Crippen LogP contribution is 2.07. The van der Waals surface area contributed by atoms with Gasteiger partial charge in [-0.3, -0.25) is 9.79 Å². The Morgan fingerprint density at radius 3 is 2.46 bits per heavy atom. The fourth-order valence-corrected chi connectivity index (χ4v) is 2.17. The molecule has 0 unspecified atom stereocenters. The van der Waals surface area contributed by atoms with Crippen molar-refractivity contribution in [3.05, 3.63) is 53.2 Å². The number of halogens is 1. The topological polar surface area (TPSA) is 91.5 Å². The molecule has 26 heavy (non-hydrogen) atoms. The molecule has 0 saturated carbocycles. The molecule has 0 aliphatic rings. The third kappa shape index (κ3) is 7.42. The zero-order chi connectivity index (χ0) is 18.1. The van der Waals surface area contributed by atoms with Crippen LogP contribution < -0.4 is 16.0 Å². The summed E-state index contributed by atoms with van der Waals surface area (Å²) in [6.45, 7) is 5.25. The molecular weight excluding hydrogens is 445 g/mol. The van der Waals surface area contributed by atoms with Gasteiger partial charge >= 0.3 is 0 Å². The molecule has 0 spiro atoms. The zero-order valence-electron chi connectivity index (χ0n) is 15.3. The van der Waals surface area contributed by atoms with Crippen LogP contribution in [0.3, 0.4) is 0 Å². The molecule has 0 aliphatic heterocycles. The second-order valence-electron chi connectivity index (χ2n) is 5.61. The Labute approximate surface area is 171 Å². The minimum atomic E-state index is -0.00856. The average Bonchev–Trinajstić information content (AvgIpc) is 2.95. The van der Waals surface area contributed by atoms with Gasteiger partial charge in [0, 0.05) is 26.6 Å². The van der Waals surface area contributed by atoms with Gasteiger partial charge in [-0.25, -0.2) is 4.98 Å². The fraction of sp³-hybridized carbons (Fsp3) is 0.389. The number of hydrogen-bond donors (Lipinski definition) is 3. The number of benzene rings is 1. The van der Waals surface area contributed by atoms with Crippen molar-refractivity contribution in [2.45, 2.75) is 33.4 Å². The van der Waals surface area contributed by atoms with E-state index in [1.807, 2.05) is 44.2 Å². The molecule has 1 aromatic heterocycles. The lowest BCUT2D eigenvalue weighted by Gasteiger charge is -2.10. The first kappa shape index (κ1) is 21.9. The summed E-state index contributed by atoms with van der Waals surface area (Å²) in [6.07, 6.45) is 0.366. The van der Waals surface area contributed by atoms with Crippen LogP contribution in [0.2, 0.25) is 0 Å². The smallest absolute Gasteiger partial charge is 0.222 e. The van der Waals surface area contributed by atoms with Crippen LogP contribution in [0.1, 0.15) is 29.3 Å². The van der Waals surface area contributed by atoms with E-state index in [-0.39, 0.29) is 29.9 Å². The maximum atomic E-state index is 11.9. The Kier molecular flexibility index (Phi) is 9.71. The normalized spacial score (nSPS) is 10.8. The first-order valence-corrected chi connectivity index (χ1v) is 8.26. The molecule has 8 heteroatoms. The fourth-order valence-electron chi connectivity index (χ4n) is 2.17. The molecule has 142 valence electrons. The molecule has 2 rings (SSSR count). The van der Waals surface area contributed by atoms with Gasteiger partial charge in [-0.05, 0) is 19.4 Å². The van der Waals surface area contributed by atoms with Crippen molar-refractivity contribution in [1.82, 2.24) is 20.9 Å². The number of rotatable bonds is 7. The van der Waals surface area contributed by atoms with Crippen molar-refractivity contribution in [3.63, 3.8) is 0 Å². The molecule has 1 heterocycles. The number of carbonyl (C=O) groups is 1. The van der Waals surface area contributed by atoms with Gasteiger partial charge in [0.05, 0.1) is 12.2 Å². The van der Waals surface area contributed by atoms with Gasteiger partial charge in [0.1, 0.15) is 5.76 Å². The van der Waals surface area contributed by atoms with Crippen LogP contribution in [0.15, 0.2) is 39.7 Å². The predicted molar refractivity (Wildman–Crippen MR) is 112 cm³/mol. The van der Waals surface area contributed by atoms with Crippen LogP contribution in [0, 0.1) is 13.8 Å². The van der Waals surface area contributed by atoms with Crippen molar-refractivity contribution in [2.75, 3.05) is 13.6 Å². The third-order valence-electron chi connectivity index (χ3n) is 3.68. The highest BCUT2D eigenvalue weighted by atomic mass is 127. The SMILES string of the molecule is CN=C(NCCC(=O)NCc1ccccc1)NCc1nc(C)c(C)o1.I. The Morgan fingerprint density at radius 1 is 1.12 bits per heavy atom. The summed E-state index contributed by atoms with van der Waals surface area (Å²) >= 11 is 0. The number of nitrogens with one attached hydrogen (secondary N) is 3. The van der Waals surface area contributed by atoms with Gasteiger partial charge < -0.3 is 20.4 Å². The van der Waals surface area contributed by atoms with Gasteiger partial charge in [-0.15, -0.1) is 24.0 Å². The predicted octanol–water partition coefficient (Wildman–Crippen LogP) is 2.28. The molecule has 0 atom stereocenters. The number of carbonyl (C=O) groups excluding carboxylic acids is 1. The highest BCUT2D eigenvalue weighted by molar-refractivity contribution is 14.0. The summed E-state index contributed by atoms with van der Waals surface area (Å²) < 4.78 is 5.51. The quantitative estimate of drug-likeness (QED) is 0.328. The molecule has 1 aromatic carbocycles. The Morgan fingerprint density at radius 2 is 1.85 bits per heavy atom. The van der Waals surface area contributed by atoms with Gasteiger partial charge in [0.25, 0.3) is 0 Å². The number of oxazole rings is 1. The van der Waals surface area contributed by atoms with Crippen molar-refractivity contribution in [2.24, 2.45) is 4.99 Å². The van der Waals surface area contributed by atoms with E-state index in [2.05, 4.69) is 25.9 Å². The largest absolute Gasteiger partial charge is 0.444 e. The molecule has 2 aromatic rings. The molecule has 0 bridgehead atoms. The van der Waals surface area contributed by atoms with Crippen molar-refractivity contribution in [1.29, 1.82) is 0 Å². The van der Waals surface area contributed by atoms with Gasteiger partial charge in [0.2, 0.25) is 11.8 Å².